The molecule has 0 saturated heterocycles. The Balaban J connectivity index is 1.77. The van der Waals surface area contributed by atoms with Gasteiger partial charge in [0, 0.05) is 37.2 Å². The van der Waals surface area contributed by atoms with Crippen molar-refractivity contribution in [3.63, 3.8) is 0 Å². The smallest absolute Gasteiger partial charge is 0.250 e. The normalized spacial score (nSPS) is 11.8. The monoisotopic (exact) mass is 447 g/mol. The molecule has 2 N–H and O–H groups in total. The second-order valence-electron chi connectivity index (χ2n) is 7.77. The van der Waals surface area contributed by atoms with Crippen molar-refractivity contribution in [3.05, 3.63) is 82.2 Å². The van der Waals surface area contributed by atoms with Gasteiger partial charge < -0.3 is 20.0 Å². The number of Topliss-reactive ketones (excluding diaryl/α,β-unsaturated/α-hetero) is 1. The fourth-order valence-corrected chi connectivity index (χ4v) is 3.44. The average molecular weight is 448 g/mol. The molecular weight excluding hydrogens is 418 g/mol. The van der Waals surface area contributed by atoms with E-state index in [1.54, 1.807) is 30.1 Å². The molecule has 172 valence electrons. The van der Waals surface area contributed by atoms with E-state index >= 15 is 0 Å². The third-order valence-electron chi connectivity index (χ3n) is 5.41. The third-order valence-corrected chi connectivity index (χ3v) is 5.41. The summed E-state index contributed by atoms with van der Waals surface area (Å²) in [6.45, 7) is 3.17. The minimum absolute atomic E-state index is 0.0738. The van der Waals surface area contributed by atoms with Crippen LogP contribution in [0.15, 0.2) is 59.8 Å². The SMILES string of the molecule is CCC(Cn1cc(-c2cncc(C(=O)CC(=N)c3ccc(CNC)cc3)n2)ccc1=O)OC. The molecule has 33 heavy (non-hydrogen) atoms. The topological polar surface area (TPSA) is 110 Å². The van der Waals surface area contributed by atoms with Gasteiger partial charge in [0.1, 0.15) is 5.69 Å². The number of aromatic nitrogens is 3. The van der Waals surface area contributed by atoms with E-state index in [9.17, 15) is 9.59 Å². The van der Waals surface area contributed by atoms with E-state index in [-0.39, 0.29) is 35.3 Å². The van der Waals surface area contributed by atoms with E-state index in [2.05, 4.69) is 15.3 Å². The minimum Gasteiger partial charge on any atom is -0.380 e. The van der Waals surface area contributed by atoms with E-state index in [1.807, 2.05) is 38.2 Å². The van der Waals surface area contributed by atoms with Crippen molar-refractivity contribution in [2.24, 2.45) is 0 Å². The van der Waals surface area contributed by atoms with Crippen molar-refractivity contribution < 1.29 is 9.53 Å². The minimum atomic E-state index is -0.285. The van der Waals surface area contributed by atoms with Crippen molar-refractivity contribution in [1.29, 1.82) is 5.41 Å². The van der Waals surface area contributed by atoms with Crippen LogP contribution in [0.2, 0.25) is 0 Å². The predicted octanol–water partition coefficient (Wildman–Crippen LogP) is 3.09. The molecule has 8 nitrogen and oxygen atoms in total. The van der Waals surface area contributed by atoms with Crippen molar-refractivity contribution in [1.82, 2.24) is 19.9 Å². The van der Waals surface area contributed by atoms with Crippen LogP contribution in [0.3, 0.4) is 0 Å². The second-order valence-corrected chi connectivity index (χ2v) is 7.77. The molecular formula is C25H29N5O3. The quantitative estimate of drug-likeness (QED) is 0.345. The number of nitrogens with zero attached hydrogens (tertiary/aromatic N) is 3. The molecule has 0 fully saturated rings. The molecule has 1 atom stereocenters. The first-order valence-corrected chi connectivity index (χ1v) is 10.8. The van der Waals surface area contributed by atoms with Crippen LogP contribution in [0.4, 0.5) is 0 Å². The van der Waals surface area contributed by atoms with Crippen LogP contribution >= 0.6 is 0 Å². The van der Waals surface area contributed by atoms with Crippen LogP contribution in [-0.2, 0) is 17.8 Å². The van der Waals surface area contributed by atoms with Gasteiger partial charge in [0.25, 0.3) is 5.56 Å². The average Bonchev–Trinajstić information content (AvgIpc) is 2.84. The van der Waals surface area contributed by atoms with Gasteiger partial charge in [-0.2, -0.15) is 0 Å². The predicted molar refractivity (Wildman–Crippen MR) is 128 cm³/mol. The molecule has 0 amide bonds. The fourth-order valence-electron chi connectivity index (χ4n) is 3.44. The molecule has 3 aromatic rings. The first kappa shape index (κ1) is 24.2. The Bertz CT molecular complexity index is 1170. The van der Waals surface area contributed by atoms with E-state index in [0.717, 1.165) is 18.5 Å². The molecule has 0 aliphatic rings. The number of nitrogens with one attached hydrogen (secondary N) is 2. The number of methoxy groups -OCH3 is 1. The van der Waals surface area contributed by atoms with Gasteiger partial charge in [0.05, 0.1) is 37.2 Å². The Kier molecular flexibility index (Phi) is 8.34. The Hall–Kier alpha value is -3.49. The first-order chi connectivity index (χ1) is 15.9. The molecule has 0 bridgehead atoms. The zero-order valence-corrected chi connectivity index (χ0v) is 19.2. The number of carbonyl (C=O) groups excluding carboxylic acids is 1. The molecule has 3 rings (SSSR count). The van der Waals surface area contributed by atoms with Crippen LogP contribution in [0, 0.1) is 5.41 Å². The molecule has 0 saturated carbocycles. The van der Waals surface area contributed by atoms with Gasteiger partial charge in [-0.3, -0.25) is 14.6 Å². The number of carbonyl (C=O) groups is 1. The fraction of sp³-hybridized carbons (Fsp3) is 0.320. The lowest BCUT2D eigenvalue weighted by atomic mass is 10.0. The summed E-state index contributed by atoms with van der Waals surface area (Å²) in [6.07, 6.45) is 5.30. The zero-order valence-electron chi connectivity index (χ0n) is 19.2. The molecule has 2 aromatic heterocycles. The number of benzene rings is 1. The van der Waals surface area contributed by atoms with Crippen molar-refractivity contribution in [2.75, 3.05) is 14.2 Å². The largest absolute Gasteiger partial charge is 0.380 e. The van der Waals surface area contributed by atoms with Crippen LogP contribution in [0.1, 0.15) is 41.4 Å². The second kappa shape index (κ2) is 11.4. The van der Waals surface area contributed by atoms with Crippen LogP contribution < -0.4 is 10.9 Å². The van der Waals surface area contributed by atoms with Crippen LogP contribution in [-0.4, -0.2) is 46.3 Å². The molecule has 8 heteroatoms. The van der Waals surface area contributed by atoms with Gasteiger partial charge in [-0.25, -0.2) is 4.98 Å². The van der Waals surface area contributed by atoms with Crippen molar-refractivity contribution in [3.8, 4) is 11.3 Å². The highest BCUT2D eigenvalue weighted by Gasteiger charge is 2.15. The molecule has 2 heterocycles. The number of rotatable bonds is 11. The van der Waals surface area contributed by atoms with Gasteiger partial charge in [-0.05, 0) is 30.7 Å². The maximum absolute atomic E-state index is 12.8. The number of ketones is 1. The Labute approximate surface area is 193 Å². The van der Waals surface area contributed by atoms with Gasteiger partial charge in [-0.1, -0.05) is 31.2 Å². The number of ether oxygens (including phenoxy) is 1. The molecule has 1 unspecified atom stereocenters. The molecule has 1 aromatic carbocycles. The summed E-state index contributed by atoms with van der Waals surface area (Å²) in [5.41, 5.74) is 3.25. The van der Waals surface area contributed by atoms with Gasteiger partial charge in [0.15, 0.2) is 5.78 Å². The lowest BCUT2D eigenvalue weighted by Crippen LogP contribution is -2.26. The molecule has 0 aliphatic heterocycles. The lowest BCUT2D eigenvalue weighted by molar-refractivity contribution is 0.0838. The summed E-state index contributed by atoms with van der Waals surface area (Å²) < 4.78 is 6.97. The number of pyridine rings is 1. The maximum Gasteiger partial charge on any atom is 0.250 e. The lowest BCUT2D eigenvalue weighted by Gasteiger charge is -2.15. The summed E-state index contributed by atoms with van der Waals surface area (Å²) >= 11 is 0. The van der Waals surface area contributed by atoms with Crippen molar-refractivity contribution in [2.45, 2.75) is 39.0 Å². The van der Waals surface area contributed by atoms with Gasteiger partial charge >= 0.3 is 0 Å². The summed E-state index contributed by atoms with van der Waals surface area (Å²) in [4.78, 5) is 33.7. The highest BCUT2D eigenvalue weighted by Crippen LogP contribution is 2.16. The third kappa shape index (κ3) is 6.27. The Morgan fingerprint density at radius 3 is 2.61 bits per heavy atom. The maximum atomic E-state index is 12.8. The van der Waals surface area contributed by atoms with E-state index < -0.39 is 0 Å². The molecule has 0 radical (unpaired) electrons. The van der Waals surface area contributed by atoms with Crippen molar-refractivity contribution >= 4 is 11.5 Å². The molecule has 0 aliphatic carbocycles. The Morgan fingerprint density at radius 2 is 1.94 bits per heavy atom. The zero-order chi connectivity index (χ0) is 23.8. The van der Waals surface area contributed by atoms with Crippen LogP contribution in [0.5, 0.6) is 0 Å². The standard InChI is InChI=1S/C25H29N5O3/c1-4-20(33-3)16-30-15-19(9-10-25(30)32)22-13-28-14-23(29-22)24(31)11-21(26)18-7-5-17(6-8-18)12-27-2/h5-10,13-15,20,26-27H,4,11-12,16H2,1-3H3. The highest BCUT2D eigenvalue weighted by molar-refractivity contribution is 6.13. The summed E-state index contributed by atoms with van der Waals surface area (Å²) in [5.74, 6) is -0.285. The first-order valence-electron chi connectivity index (χ1n) is 10.8. The summed E-state index contributed by atoms with van der Waals surface area (Å²) in [5, 5.41) is 11.4. The van der Waals surface area contributed by atoms with Gasteiger partial charge in [0.2, 0.25) is 0 Å². The van der Waals surface area contributed by atoms with E-state index in [4.69, 9.17) is 10.1 Å². The van der Waals surface area contributed by atoms with E-state index in [0.29, 0.717) is 23.4 Å². The summed E-state index contributed by atoms with van der Waals surface area (Å²) in [7, 11) is 3.50. The summed E-state index contributed by atoms with van der Waals surface area (Å²) in [6, 6.07) is 10.7. The highest BCUT2D eigenvalue weighted by atomic mass is 16.5. The van der Waals surface area contributed by atoms with Crippen LogP contribution in [0.25, 0.3) is 11.3 Å². The van der Waals surface area contributed by atoms with Gasteiger partial charge in [-0.15, -0.1) is 0 Å². The Morgan fingerprint density at radius 1 is 1.18 bits per heavy atom. The van der Waals surface area contributed by atoms with E-state index in [1.165, 1.54) is 12.3 Å². The number of hydrogen-bond donors (Lipinski definition) is 2. The number of hydrogen-bond acceptors (Lipinski definition) is 7. The molecule has 0 spiro atoms.